The van der Waals surface area contributed by atoms with Crippen molar-refractivity contribution in [1.29, 1.82) is 0 Å². The van der Waals surface area contributed by atoms with Gasteiger partial charge in [-0.1, -0.05) is 5.11 Å². The lowest BCUT2D eigenvalue weighted by atomic mass is 10.3. The molecule has 0 aliphatic heterocycles. The van der Waals surface area contributed by atoms with Crippen molar-refractivity contribution < 1.29 is 4.42 Å². The van der Waals surface area contributed by atoms with E-state index in [-0.39, 0.29) is 6.54 Å². The molecule has 5 nitrogen and oxygen atoms in total. The maximum Gasteiger partial charge on any atom is 0.152 e. The molecule has 5 heteroatoms. The number of hydrogen-bond donors (Lipinski definition) is 0. The van der Waals surface area contributed by atoms with Crippen LogP contribution in [0, 0.1) is 0 Å². The van der Waals surface area contributed by atoms with E-state index in [0.29, 0.717) is 5.58 Å². The fraction of sp³-hybridized carbons (Fsp3) is 0.125. The van der Waals surface area contributed by atoms with Gasteiger partial charge in [0, 0.05) is 16.7 Å². The van der Waals surface area contributed by atoms with E-state index < -0.39 is 0 Å². The standard InChI is InChI=1S/C8H6N4O/c9-12-11-4-6-5-13-7-2-1-3-10-8(6)7/h1-3,5H,4H2. The first kappa shape index (κ1) is 7.64. The molecule has 0 saturated carbocycles. The number of fused-ring (bicyclic) bond motifs is 1. The molecule has 0 aliphatic carbocycles. The van der Waals surface area contributed by atoms with Crippen molar-refractivity contribution in [2.45, 2.75) is 6.54 Å². The normalized spacial score (nSPS) is 9.85. The van der Waals surface area contributed by atoms with Crippen molar-refractivity contribution in [1.82, 2.24) is 4.98 Å². The molecule has 2 heterocycles. The average molecular weight is 174 g/mol. The predicted molar refractivity (Wildman–Crippen MR) is 46.9 cm³/mol. The Morgan fingerprint density at radius 1 is 1.62 bits per heavy atom. The molecule has 0 radical (unpaired) electrons. The molecule has 0 aliphatic rings. The lowest BCUT2D eigenvalue weighted by Crippen LogP contribution is -1.78. The van der Waals surface area contributed by atoms with E-state index in [2.05, 4.69) is 15.0 Å². The third-order valence-corrected chi connectivity index (χ3v) is 1.71. The Kier molecular flexibility index (Phi) is 1.86. The molecule has 13 heavy (non-hydrogen) atoms. The molecule has 0 saturated heterocycles. The molecule has 0 N–H and O–H groups in total. The first-order chi connectivity index (χ1) is 6.42. The second-order valence-electron chi connectivity index (χ2n) is 2.50. The minimum atomic E-state index is 0.278. The zero-order valence-electron chi connectivity index (χ0n) is 6.71. The molecule has 0 bridgehead atoms. The molecule has 0 fully saturated rings. The first-order valence-electron chi connectivity index (χ1n) is 3.74. The van der Waals surface area contributed by atoms with Gasteiger partial charge >= 0.3 is 0 Å². The van der Waals surface area contributed by atoms with Crippen molar-refractivity contribution >= 4 is 11.1 Å². The highest BCUT2D eigenvalue weighted by molar-refractivity contribution is 5.75. The van der Waals surface area contributed by atoms with Crippen LogP contribution >= 0.6 is 0 Å². The SMILES string of the molecule is [N-]=[N+]=NCc1coc2cccnc12. The quantitative estimate of drug-likeness (QED) is 0.398. The van der Waals surface area contributed by atoms with Crippen molar-refractivity contribution in [3.8, 4) is 0 Å². The Morgan fingerprint density at radius 2 is 2.54 bits per heavy atom. The number of rotatable bonds is 2. The van der Waals surface area contributed by atoms with Gasteiger partial charge in [0.05, 0.1) is 12.8 Å². The van der Waals surface area contributed by atoms with Crippen molar-refractivity contribution in [2.75, 3.05) is 0 Å². The van der Waals surface area contributed by atoms with Gasteiger partial charge in [0.2, 0.25) is 0 Å². The maximum absolute atomic E-state index is 8.14. The fourth-order valence-corrected chi connectivity index (χ4v) is 1.14. The molecule has 0 amide bonds. The Hall–Kier alpha value is -2.00. The van der Waals surface area contributed by atoms with Crippen LogP contribution in [-0.4, -0.2) is 4.98 Å². The van der Waals surface area contributed by atoms with Crippen molar-refractivity contribution in [3.63, 3.8) is 0 Å². The second kappa shape index (κ2) is 3.16. The van der Waals surface area contributed by atoms with Crippen LogP contribution in [0.25, 0.3) is 21.5 Å². The topological polar surface area (TPSA) is 74.8 Å². The van der Waals surface area contributed by atoms with Crippen LogP contribution in [-0.2, 0) is 6.54 Å². The fourth-order valence-electron chi connectivity index (χ4n) is 1.14. The summed E-state index contributed by atoms with van der Waals surface area (Å²) >= 11 is 0. The van der Waals surface area contributed by atoms with Crippen molar-refractivity contribution in [2.24, 2.45) is 5.11 Å². The zero-order valence-corrected chi connectivity index (χ0v) is 6.71. The smallest absolute Gasteiger partial charge is 0.152 e. The minimum Gasteiger partial charge on any atom is -0.462 e. The molecule has 0 spiro atoms. The molecule has 0 aromatic carbocycles. The summed E-state index contributed by atoms with van der Waals surface area (Å²) in [5.41, 5.74) is 10.4. The van der Waals surface area contributed by atoms with Gasteiger partial charge < -0.3 is 4.42 Å². The van der Waals surface area contributed by atoms with Crippen molar-refractivity contribution in [3.05, 3.63) is 40.6 Å². The third-order valence-electron chi connectivity index (χ3n) is 1.71. The average Bonchev–Trinajstić information content (AvgIpc) is 2.58. The maximum atomic E-state index is 8.14. The van der Waals surface area contributed by atoms with Crippen LogP contribution in [0.3, 0.4) is 0 Å². The van der Waals surface area contributed by atoms with Gasteiger partial charge in [-0.25, -0.2) is 0 Å². The van der Waals surface area contributed by atoms with Crippen LogP contribution in [0.1, 0.15) is 5.56 Å². The van der Waals surface area contributed by atoms with Crippen LogP contribution in [0.5, 0.6) is 0 Å². The van der Waals surface area contributed by atoms with Crippen LogP contribution in [0.15, 0.2) is 34.1 Å². The first-order valence-corrected chi connectivity index (χ1v) is 3.74. The van der Waals surface area contributed by atoms with Crippen LogP contribution in [0.4, 0.5) is 0 Å². The van der Waals surface area contributed by atoms with E-state index in [1.165, 1.54) is 0 Å². The predicted octanol–water partition coefficient (Wildman–Crippen LogP) is 2.64. The molecule has 2 aromatic rings. The van der Waals surface area contributed by atoms with Gasteiger partial charge in [-0.2, -0.15) is 0 Å². The molecule has 0 unspecified atom stereocenters. The largest absolute Gasteiger partial charge is 0.462 e. The highest BCUT2D eigenvalue weighted by Crippen LogP contribution is 2.18. The summed E-state index contributed by atoms with van der Waals surface area (Å²) in [4.78, 5) is 6.79. The van der Waals surface area contributed by atoms with Gasteiger partial charge in [0.15, 0.2) is 5.58 Å². The number of nitrogens with zero attached hydrogens (tertiary/aromatic N) is 4. The van der Waals surface area contributed by atoms with Gasteiger partial charge in [0.25, 0.3) is 0 Å². The summed E-state index contributed by atoms with van der Waals surface area (Å²) in [6.07, 6.45) is 3.24. The second-order valence-corrected chi connectivity index (χ2v) is 2.50. The monoisotopic (exact) mass is 174 g/mol. The number of aromatic nitrogens is 1. The minimum absolute atomic E-state index is 0.278. The van der Waals surface area contributed by atoms with Crippen LogP contribution < -0.4 is 0 Å². The Morgan fingerprint density at radius 3 is 3.38 bits per heavy atom. The number of hydrogen-bond acceptors (Lipinski definition) is 3. The molecular formula is C8H6N4O. The summed E-state index contributed by atoms with van der Waals surface area (Å²) in [5.74, 6) is 0. The van der Waals surface area contributed by atoms with E-state index in [4.69, 9.17) is 9.95 Å². The Labute approximate surface area is 73.6 Å². The number of furan rings is 1. The third kappa shape index (κ3) is 1.32. The van der Waals surface area contributed by atoms with E-state index in [1.807, 2.05) is 6.07 Å². The van der Waals surface area contributed by atoms with Gasteiger partial charge in [-0.3, -0.25) is 4.98 Å². The summed E-state index contributed by atoms with van der Waals surface area (Å²) in [7, 11) is 0. The molecule has 2 rings (SSSR count). The van der Waals surface area contributed by atoms with Crippen LogP contribution in [0.2, 0.25) is 0 Å². The molecular weight excluding hydrogens is 168 g/mol. The zero-order chi connectivity index (χ0) is 9.10. The van der Waals surface area contributed by atoms with Gasteiger partial charge in [-0.05, 0) is 17.7 Å². The van der Waals surface area contributed by atoms with Gasteiger partial charge in [0.1, 0.15) is 5.52 Å². The summed E-state index contributed by atoms with van der Waals surface area (Å²) < 4.78 is 5.20. The number of azide groups is 1. The molecule has 2 aromatic heterocycles. The lowest BCUT2D eigenvalue weighted by Gasteiger charge is -1.87. The lowest BCUT2D eigenvalue weighted by molar-refractivity contribution is 0.610. The Bertz CT molecular complexity index is 470. The number of pyridine rings is 1. The molecule has 64 valence electrons. The molecule has 0 atom stereocenters. The summed E-state index contributed by atoms with van der Waals surface area (Å²) in [6.45, 7) is 0.278. The van der Waals surface area contributed by atoms with E-state index in [1.54, 1.807) is 18.5 Å². The van der Waals surface area contributed by atoms with E-state index >= 15 is 0 Å². The summed E-state index contributed by atoms with van der Waals surface area (Å²) in [5, 5.41) is 3.44. The van der Waals surface area contributed by atoms with Gasteiger partial charge in [-0.15, -0.1) is 0 Å². The highest BCUT2D eigenvalue weighted by atomic mass is 16.3. The van der Waals surface area contributed by atoms with E-state index in [9.17, 15) is 0 Å². The van der Waals surface area contributed by atoms with E-state index in [0.717, 1.165) is 11.1 Å². The Balaban J connectivity index is 2.51. The summed E-state index contributed by atoms with van der Waals surface area (Å²) in [6, 6.07) is 3.62. The highest BCUT2D eigenvalue weighted by Gasteiger charge is 2.03.